The van der Waals surface area contributed by atoms with E-state index in [2.05, 4.69) is 45.0 Å². The van der Waals surface area contributed by atoms with E-state index < -0.39 is 0 Å². The summed E-state index contributed by atoms with van der Waals surface area (Å²) in [4.78, 5) is 0. The Bertz CT molecular complexity index is 305. The topological polar surface area (TPSA) is 35.2 Å². The third-order valence-corrected chi connectivity index (χ3v) is 2.83. The number of ether oxygens (including phenoxy) is 1. The van der Waals surface area contributed by atoms with Crippen LogP contribution >= 0.6 is 0 Å². The van der Waals surface area contributed by atoms with Gasteiger partial charge in [0.05, 0.1) is 12.1 Å². The highest BCUT2D eigenvalue weighted by Crippen LogP contribution is 2.22. The third-order valence-electron chi connectivity index (χ3n) is 2.83. The van der Waals surface area contributed by atoms with Gasteiger partial charge in [-0.15, -0.1) is 0 Å². The van der Waals surface area contributed by atoms with Gasteiger partial charge in [-0.2, -0.15) is 0 Å². The Morgan fingerprint density at radius 2 is 1.75 bits per heavy atom. The van der Waals surface area contributed by atoms with Crippen LogP contribution in [0.25, 0.3) is 0 Å². The molecule has 16 heavy (non-hydrogen) atoms. The highest BCUT2D eigenvalue weighted by molar-refractivity contribution is 5.24. The maximum absolute atomic E-state index is 6.25. The largest absolute Gasteiger partial charge is 0.376 e. The average Bonchev–Trinajstić information content (AvgIpc) is 2.25. The molecule has 0 aliphatic heterocycles. The van der Waals surface area contributed by atoms with Gasteiger partial charge in [0, 0.05) is 6.61 Å². The standard InChI is InChI=1S/C14H23NO/c1-5-16-14(10(2)3)13(15)12-8-6-11(4)7-9-12/h6-10,13-14H,5,15H2,1-4H3. The maximum atomic E-state index is 6.25. The summed E-state index contributed by atoms with van der Waals surface area (Å²) in [5.74, 6) is 0.427. The predicted molar refractivity (Wildman–Crippen MR) is 68.4 cm³/mol. The zero-order valence-corrected chi connectivity index (χ0v) is 10.7. The second-order valence-electron chi connectivity index (χ2n) is 4.60. The van der Waals surface area contributed by atoms with Crippen molar-refractivity contribution >= 4 is 0 Å². The van der Waals surface area contributed by atoms with Crippen LogP contribution in [0.2, 0.25) is 0 Å². The Labute approximate surface area is 98.8 Å². The van der Waals surface area contributed by atoms with E-state index in [9.17, 15) is 0 Å². The molecule has 0 radical (unpaired) electrons. The molecule has 0 aromatic heterocycles. The first-order valence-corrected chi connectivity index (χ1v) is 6.00. The van der Waals surface area contributed by atoms with Gasteiger partial charge in [0.15, 0.2) is 0 Å². The molecule has 0 saturated heterocycles. The molecule has 0 amide bonds. The number of rotatable bonds is 5. The predicted octanol–water partition coefficient (Wildman–Crippen LogP) is 3.06. The Balaban J connectivity index is 2.81. The van der Waals surface area contributed by atoms with Crippen molar-refractivity contribution in [3.8, 4) is 0 Å². The first-order valence-electron chi connectivity index (χ1n) is 6.00. The smallest absolute Gasteiger partial charge is 0.0790 e. The van der Waals surface area contributed by atoms with Crippen molar-refractivity contribution in [3.63, 3.8) is 0 Å². The van der Waals surface area contributed by atoms with Gasteiger partial charge >= 0.3 is 0 Å². The summed E-state index contributed by atoms with van der Waals surface area (Å²) < 4.78 is 5.72. The van der Waals surface area contributed by atoms with E-state index >= 15 is 0 Å². The zero-order valence-electron chi connectivity index (χ0n) is 10.7. The van der Waals surface area contributed by atoms with Crippen molar-refractivity contribution in [2.75, 3.05) is 6.61 Å². The summed E-state index contributed by atoms with van der Waals surface area (Å²) in [6.07, 6.45) is 0.0905. The number of aryl methyl sites for hydroxylation is 1. The van der Waals surface area contributed by atoms with Crippen molar-refractivity contribution < 1.29 is 4.74 Å². The van der Waals surface area contributed by atoms with E-state index in [1.165, 1.54) is 5.56 Å². The van der Waals surface area contributed by atoms with Crippen molar-refractivity contribution in [1.82, 2.24) is 0 Å². The van der Waals surface area contributed by atoms with Gasteiger partial charge in [0.1, 0.15) is 0 Å². The second kappa shape index (κ2) is 6.02. The van der Waals surface area contributed by atoms with Crippen LogP contribution in [-0.4, -0.2) is 12.7 Å². The fraction of sp³-hybridized carbons (Fsp3) is 0.571. The fourth-order valence-electron chi connectivity index (χ4n) is 1.88. The van der Waals surface area contributed by atoms with Crippen LogP contribution < -0.4 is 5.73 Å². The lowest BCUT2D eigenvalue weighted by Gasteiger charge is -2.27. The molecular formula is C14H23NO. The van der Waals surface area contributed by atoms with E-state index in [0.29, 0.717) is 12.5 Å². The second-order valence-corrected chi connectivity index (χ2v) is 4.60. The molecule has 0 aliphatic rings. The molecule has 0 bridgehead atoms. The first-order chi connectivity index (χ1) is 7.56. The van der Waals surface area contributed by atoms with Crippen LogP contribution in [0.3, 0.4) is 0 Å². The van der Waals surface area contributed by atoms with Crippen LogP contribution in [0.5, 0.6) is 0 Å². The van der Waals surface area contributed by atoms with E-state index in [0.717, 1.165) is 5.56 Å². The Hall–Kier alpha value is -0.860. The Morgan fingerprint density at radius 1 is 1.19 bits per heavy atom. The minimum atomic E-state index is -0.0412. The summed E-state index contributed by atoms with van der Waals surface area (Å²) in [5.41, 5.74) is 8.66. The molecule has 0 spiro atoms. The monoisotopic (exact) mass is 221 g/mol. The van der Waals surface area contributed by atoms with Crippen molar-refractivity contribution in [2.24, 2.45) is 11.7 Å². The molecule has 2 N–H and O–H groups in total. The summed E-state index contributed by atoms with van der Waals surface area (Å²) in [6.45, 7) is 9.10. The summed E-state index contributed by atoms with van der Waals surface area (Å²) in [7, 11) is 0. The highest BCUT2D eigenvalue weighted by Gasteiger charge is 2.22. The minimum absolute atomic E-state index is 0.0412. The molecule has 2 heteroatoms. The quantitative estimate of drug-likeness (QED) is 0.829. The molecule has 0 fully saturated rings. The van der Waals surface area contributed by atoms with Gasteiger partial charge < -0.3 is 10.5 Å². The van der Waals surface area contributed by atoms with Gasteiger partial charge in [0.25, 0.3) is 0 Å². The lowest BCUT2D eigenvalue weighted by atomic mass is 9.94. The van der Waals surface area contributed by atoms with E-state index in [1.54, 1.807) is 0 Å². The third kappa shape index (κ3) is 3.32. The first kappa shape index (κ1) is 13.2. The van der Waals surface area contributed by atoms with Gasteiger partial charge in [-0.05, 0) is 25.3 Å². The van der Waals surface area contributed by atoms with Gasteiger partial charge in [-0.25, -0.2) is 0 Å². The summed E-state index contributed by atoms with van der Waals surface area (Å²) >= 11 is 0. The Kier molecular flexibility index (Phi) is 4.97. The lowest BCUT2D eigenvalue weighted by Crippen LogP contribution is -2.33. The van der Waals surface area contributed by atoms with Gasteiger partial charge in [-0.3, -0.25) is 0 Å². The molecule has 90 valence electrons. The van der Waals surface area contributed by atoms with Crippen LogP contribution in [0.15, 0.2) is 24.3 Å². The van der Waals surface area contributed by atoms with Crippen LogP contribution in [-0.2, 0) is 4.74 Å². The molecule has 0 heterocycles. The normalized spacial score (nSPS) is 15.1. The highest BCUT2D eigenvalue weighted by atomic mass is 16.5. The molecule has 0 aliphatic carbocycles. The molecule has 2 atom stereocenters. The van der Waals surface area contributed by atoms with Crippen LogP contribution in [0.1, 0.15) is 37.9 Å². The van der Waals surface area contributed by atoms with E-state index in [1.807, 2.05) is 6.92 Å². The molecule has 1 aromatic rings. The molecule has 2 nitrogen and oxygen atoms in total. The van der Waals surface area contributed by atoms with E-state index in [4.69, 9.17) is 10.5 Å². The van der Waals surface area contributed by atoms with Crippen molar-refractivity contribution in [3.05, 3.63) is 35.4 Å². The molecule has 0 saturated carbocycles. The molecular weight excluding hydrogens is 198 g/mol. The molecule has 2 unspecified atom stereocenters. The lowest BCUT2D eigenvalue weighted by molar-refractivity contribution is 0.0121. The fourth-order valence-corrected chi connectivity index (χ4v) is 1.88. The zero-order chi connectivity index (χ0) is 12.1. The minimum Gasteiger partial charge on any atom is -0.376 e. The number of nitrogens with two attached hydrogens (primary N) is 1. The van der Waals surface area contributed by atoms with Gasteiger partial charge in [-0.1, -0.05) is 43.7 Å². The summed E-state index contributed by atoms with van der Waals surface area (Å²) in [5, 5.41) is 0. The Morgan fingerprint density at radius 3 is 2.19 bits per heavy atom. The van der Waals surface area contributed by atoms with E-state index in [-0.39, 0.29) is 12.1 Å². The van der Waals surface area contributed by atoms with Crippen LogP contribution in [0.4, 0.5) is 0 Å². The average molecular weight is 221 g/mol. The number of benzene rings is 1. The number of hydrogen-bond donors (Lipinski definition) is 1. The SMILES string of the molecule is CCOC(C(C)C)C(N)c1ccc(C)cc1. The number of hydrogen-bond acceptors (Lipinski definition) is 2. The van der Waals surface area contributed by atoms with Gasteiger partial charge in [0.2, 0.25) is 0 Å². The van der Waals surface area contributed by atoms with Crippen molar-refractivity contribution in [1.29, 1.82) is 0 Å². The maximum Gasteiger partial charge on any atom is 0.0790 e. The molecule has 1 aromatic carbocycles. The summed E-state index contributed by atoms with van der Waals surface area (Å²) in [6, 6.07) is 8.33. The molecule has 1 rings (SSSR count). The van der Waals surface area contributed by atoms with Crippen LogP contribution in [0, 0.1) is 12.8 Å². The van der Waals surface area contributed by atoms with Crippen molar-refractivity contribution in [2.45, 2.75) is 39.8 Å².